The topological polar surface area (TPSA) is 109 Å². The predicted octanol–water partition coefficient (Wildman–Crippen LogP) is 6.77. The van der Waals surface area contributed by atoms with Gasteiger partial charge < -0.3 is 24.4 Å². The molecule has 1 heterocycles. The molecule has 0 saturated carbocycles. The molecular formula is C33H36N2O6. The van der Waals surface area contributed by atoms with Gasteiger partial charge in [-0.25, -0.2) is 0 Å². The molecule has 4 aromatic rings. The van der Waals surface area contributed by atoms with Crippen LogP contribution in [0.1, 0.15) is 57.9 Å². The van der Waals surface area contributed by atoms with E-state index in [-0.39, 0.29) is 18.1 Å². The largest absolute Gasteiger partial charge is 0.508 e. The van der Waals surface area contributed by atoms with Crippen molar-refractivity contribution < 1.29 is 29.3 Å². The first-order chi connectivity index (χ1) is 19.7. The lowest BCUT2D eigenvalue weighted by molar-refractivity contribution is -0.137. The van der Waals surface area contributed by atoms with Crippen LogP contribution in [0, 0.1) is 0 Å². The highest BCUT2D eigenvalue weighted by Gasteiger charge is 2.26. The molecule has 0 saturated heterocycles. The SMILES string of the molecule is CC(=O)Oc1ccc2c(c1)c(N(CCCCCCCC(=O)O)C(C)=O)c(-c1ccc(O)cc1)n2Cc1ccccc1. The van der Waals surface area contributed by atoms with Gasteiger partial charge in [-0.1, -0.05) is 49.6 Å². The molecule has 8 nitrogen and oxygen atoms in total. The molecule has 0 atom stereocenters. The van der Waals surface area contributed by atoms with E-state index in [1.807, 2.05) is 48.5 Å². The maximum atomic E-state index is 13.2. The lowest BCUT2D eigenvalue weighted by Gasteiger charge is -2.23. The monoisotopic (exact) mass is 556 g/mol. The van der Waals surface area contributed by atoms with Gasteiger partial charge in [0, 0.05) is 44.3 Å². The number of carbonyl (C=O) groups is 3. The number of benzene rings is 3. The third-order valence-electron chi connectivity index (χ3n) is 7.02. The van der Waals surface area contributed by atoms with Crippen LogP contribution >= 0.6 is 0 Å². The smallest absolute Gasteiger partial charge is 0.308 e. The van der Waals surface area contributed by atoms with E-state index >= 15 is 0 Å². The van der Waals surface area contributed by atoms with Crippen LogP contribution in [0.4, 0.5) is 5.69 Å². The number of unbranched alkanes of at least 4 members (excludes halogenated alkanes) is 4. The number of hydrogen-bond acceptors (Lipinski definition) is 5. The standard InChI is InChI=1S/C33H36N2O6/c1-23(36)34(20-10-5-3-4-9-13-31(39)40)33-29-21-28(41-24(2)37)18-19-30(29)35(22-25-11-7-6-8-12-25)32(33)26-14-16-27(38)17-15-26/h6-8,11-12,14-19,21,38H,3-5,9-10,13,20,22H2,1-2H3,(H,39,40). The summed E-state index contributed by atoms with van der Waals surface area (Å²) >= 11 is 0. The molecule has 0 aliphatic rings. The van der Waals surface area contributed by atoms with Crippen LogP contribution in [-0.4, -0.2) is 39.2 Å². The van der Waals surface area contributed by atoms with Crippen LogP contribution in [0.15, 0.2) is 72.8 Å². The fraction of sp³-hybridized carbons (Fsp3) is 0.303. The van der Waals surface area contributed by atoms with Gasteiger partial charge in [-0.05, 0) is 60.9 Å². The van der Waals surface area contributed by atoms with Crippen molar-refractivity contribution >= 4 is 34.4 Å². The normalized spacial score (nSPS) is 11.0. The Bertz CT molecular complexity index is 1510. The van der Waals surface area contributed by atoms with Crippen LogP contribution in [0.3, 0.4) is 0 Å². The van der Waals surface area contributed by atoms with Crippen molar-refractivity contribution in [2.75, 3.05) is 11.4 Å². The second-order valence-electron chi connectivity index (χ2n) is 10.2. The number of hydrogen-bond donors (Lipinski definition) is 2. The quantitative estimate of drug-likeness (QED) is 0.107. The van der Waals surface area contributed by atoms with Crippen molar-refractivity contribution in [1.82, 2.24) is 4.57 Å². The van der Waals surface area contributed by atoms with E-state index in [1.165, 1.54) is 6.92 Å². The number of fused-ring (bicyclic) bond motifs is 1. The molecule has 0 radical (unpaired) electrons. The van der Waals surface area contributed by atoms with E-state index in [2.05, 4.69) is 4.57 Å². The maximum absolute atomic E-state index is 13.2. The summed E-state index contributed by atoms with van der Waals surface area (Å²) in [5.74, 6) is -0.798. The number of aromatic nitrogens is 1. The second kappa shape index (κ2) is 13.7. The van der Waals surface area contributed by atoms with E-state index in [4.69, 9.17) is 9.84 Å². The van der Waals surface area contributed by atoms with E-state index in [0.29, 0.717) is 30.9 Å². The minimum atomic E-state index is -0.783. The zero-order valence-electron chi connectivity index (χ0n) is 23.5. The Hall–Kier alpha value is -4.59. The summed E-state index contributed by atoms with van der Waals surface area (Å²) in [4.78, 5) is 37.6. The van der Waals surface area contributed by atoms with Gasteiger partial charge in [-0.3, -0.25) is 14.4 Å². The molecule has 0 unspecified atom stereocenters. The summed E-state index contributed by atoms with van der Waals surface area (Å²) < 4.78 is 7.59. The third-order valence-corrected chi connectivity index (χ3v) is 7.02. The Morgan fingerprint density at radius 2 is 1.54 bits per heavy atom. The number of esters is 1. The number of carboxylic acid groups (broad SMARTS) is 1. The molecule has 1 aromatic heterocycles. The third kappa shape index (κ3) is 7.54. The minimum Gasteiger partial charge on any atom is -0.508 e. The van der Waals surface area contributed by atoms with Crippen LogP contribution in [0.25, 0.3) is 22.2 Å². The molecule has 2 N–H and O–H groups in total. The van der Waals surface area contributed by atoms with Gasteiger partial charge >= 0.3 is 11.9 Å². The zero-order chi connectivity index (χ0) is 29.4. The first kappa shape index (κ1) is 29.4. The lowest BCUT2D eigenvalue weighted by Crippen LogP contribution is -2.30. The molecule has 41 heavy (non-hydrogen) atoms. The molecule has 0 aliphatic heterocycles. The molecule has 8 heteroatoms. The van der Waals surface area contributed by atoms with Crippen molar-refractivity contribution in [3.05, 3.63) is 78.4 Å². The number of carbonyl (C=O) groups excluding carboxylic acids is 2. The van der Waals surface area contributed by atoms with E-state index in [1.54, 1.807) is 36.1 Å². The summed E-state index contributed by atoms with van der Waals surface area (Å²) in [5, 5.41) is 19.7. The molecule has 0 aliphatic carbocycles. The Kier molecular flexibility index (Phi) is 9.79. The van der Waals surface area contributed by atoms with Gasteiger partial charge in [0.1, 0.15) is 11.5 Å². The summed E-state index contributed by atoms with van der Waals surface area (Å²) in [6.07, 6.45) is 4.13. The minimum absolute atomic E-state index is 0.118. The van der Waals surface area contributed by atoms with Crippen molar-refractivity contribution in [3.63, 3.8) is 0 Å². The first-order valence-corrected chi connectivity index (χ1v) is 13.9. The maximum Gasteiger partial charge on any atom is 0.308 e. The molecule has 1 amide bonds. The molecular weight excluding hydrogens is 520 g/mol. The van der Waals surface area contributed by atoms with Crippen molar-refractivity contribution in [2.24, 2.45) is 0 Å². The van der Waals surface area contributed by atoms with E-state index in [0.717, 1.165) is 53.4 Å². The number of aliphatic carboxylic acids is 1. The summed E-state index contributed by atoms with van der Waals surface area (Å²) in [7, 11) is 0. The van der Waals surface area contributed by atoms with Gasteiger partial charge in [0.15, 0.2) is 0 Å². The lowest BCUT2D eigenvalue weighted by atomic mass is 10.1. The number of ether oxygens (including phenoxy) is 1. The Morgan fingerprint density at radius 1 is 0.854 bits per heavy atom. The number of amides is 1. The van der Waals surface area contributed by atoms with Crippen molar-refractivity contribution in [1.29, 1.82) is 0 Å². The van der Waals surface area contributed by atoms with Crippen molar-refractivity contribution in [2.45, 2.75) is 58.9 Å². The summed E-state index contributed by atoms with van der Waals surface area (Å²) in [6, 6.07) is 22.4. The molecule has 0 spiro atoms. The van der Waals surface area contributed by atoms with E-state index in [9.17, 15) is 19.5 Å². The number of carboxylic acids is 1. The summed E-state index contributed by atoms with van der Waals surface area (Å²) in [6.45, 7) is 3.91. The van der Waals surface area contributed by atoms with Crippen LogP contribution in [0.5, 0.6) is 11.5 Å². The Balaban J connectivity index is 1.82. The average Bonchev–Trinajstić information content (AvgIpc) is 3.23. The number of nitrogens with zero attached hydrogens (tertiary/aromatic N) is 2. The highest BCUT2D eigenvalue weighted by Crippen LogP contribution is 2.43. The number of phenols is 1. The Morgan fingerprint density at radius 3 is 2.20 bits per heavy atom. The van der Waals surface area contributed by atoms with Gasteiger partial charge in [-0.2, -0.15) is 0 Å². The predicted molar refractivity (Wildman–Crippen MR) is 159 cm³/mol. The highest BCUT2D eigenvalue weighted by molar-refractivity contribution is 6.10. The van der Waals surface area contributed by atoms with Crippen LogP contribution < -0.4 is 9.64 Å². The van der Waals surface area contributed by atoms with Crippen LogP contribution in [-0.2, 0) is 20.9 Å². The Labute approximate surface area is 239 Å². The average molecular weight is 557 g/mol. The number of phenolic OH excluding ortho intramolecular Hbond substituents is 1. The molecule has 0 fully saturated rings. The van der Waals surface area contributed by atoms with Gasteiger partial charge in [0.2, 0.25) is 5.91 Å². The zero-order valence-corrected chi connectivity index (χ0v) is 23.5. The molecule has 214 valence electrons. The van der Waals surface area contributed by atoms with Gasteiger partial charge in [0.05, 0.1) is 16.9 Å². The molecule has 3 aromatic carbocycles. The number of rotatable bonds is 13. The fourth-order valence-corrected chi connectivity index (χ4v) is 5.16. The van der Waals surface area contributed by atoms with Crippen LogP contribution in [0.2, 0.25) is 0 Å². The molecule has 4 rings (SSSR count). The first-order valence-electron chi connectivity index (χ1n) is 13.9. The van der Waals surface area contributed by atoms with Crippen molar-refractivity contribution in [3.8, 4) is 22.8 Å². The number of anilines is 1. The number of aromatic hydroxyl groups is 1. The molecule has 0 bridgehead atoms. The van der Waals surface area contributed by atoms with Gasteiger partial charge in [0.25, 0.3) is 0 Å². The fourth-order valence-electron chi connectivity index (χ4n) is 5.16. The highest BCUT2D eigenvalue weighted by atomic mass is 16.5. The van der Waals surface area contributed by atoms with Gasteiger partial charge in [-0.15, -0.1) is 0 Å². The van der Waals surface area contributed by atoms with E-state index < -0.39 is 11.9 Å². The second-order valence-corrected chi connectivity index (χ2v) is 10.2. The summed E-state index contributed by atoms with van der Waals surface area (Å²) in [5.41, 5.74) is 4.33.